The van der Waals surface area contributed by atoms with Crippen LogP contribution in [0.5, 0.6) is 0 Å². The molecule has 3 atom stereocenters. The topological polar surface area (TPSA) is 97.3 Å². The van der Waals surface area contributed by atoms with Crippen molar-refractivity contribution in [1.29, 1.82) is 0 Å². The first-order valence-electron chi connectivity index (χ1n) is 6.84. The van der Waals surface area contributed by atoms with Gasteiger partial charge in [-0.1, -0.05) is 0 Å². The number of nitrogens with two attached hydrogens (primary N) is 1. The Kier molecular flexibility index (Phi) is 2.66. The Balaban J connectivity index is 1.81. The minimum Gasteiger partial charge on any atom is -0.465 e. The van der Waals surface area contributed by atoms with Crippen LogP contribution in [0.2, 0.25) is 0 Å². The van der Waals surface area contributed by atoms with E-state index >= 15 is 0 Å². The summed E-state index contributed by atoms with van der Waals surface area (Å²) in [5.41, 5.74) is 6.82. The van der Waals surface area contributed by atoms with Crippen molar-refractivity contribution >= 4 is 38.7 Å². The van der Waals surface area contributed by atoms with E-state index in [-0.39, 0.29) is 12.1 Å². The normalized spacial score (nSPS) is 27.7. The van der Waals surface area contributed by atoms with Crippen LogP contribution in [0.1, 0.15) is 18.9 Å². The largest absolute Gasteiger partial charge is 0.465 e. The number of fused-ring (bicyclic) bond motifs is 3. The van der Waals surface area contributed by atoms with E-state index in [1.807, 2.05) is 10.7 Å². The quantitative estimate of drug-likeness (QED) is 0.819. The zero-order valence-corrected chi connectivity index (χ0v) is 12.7. The van der Waals surface area contributed by atoms with E-state index in [4.69, 9.17) is 5.73 Å². The standard InChI is InChI=1S/C13H14BrN5O2/c14-11-10-7(1-2-16-12(10)15)19(17-11)9-4-6-3-8(9)18(5-6)13(20)21/h1-2,6,8-9H,3-5H2,(H2,15,16)(H,20,21)/t6?,8?,9-/m1/s1. The highest BCUT2D eigenvalue weighted by Gasteiger charge is 2.48. The number of anilines is 1. The molecule has 1 saturated heterocycles. The van der Waals surface area contributed by atoms with Crippen LogP contribution in [0.15, 0.2) is 16.9 Å². The molecule has 0 radical (unpaired) electrons. The van der Waals surface area contributed by atoms with Crippen LogP contribution in [-0.2, 0) is 0 Å². The second kappa shape index (κ2) is 4.33. The molecular formula is C13H14BrN5O2. The Morgan fingerprint density at radius 1 is 1.43 bits per heavy atom. The van der Waals surface area contributed by atoms with Gasteiger partial charge in [0.15, 0.2) is 0 Å². The van der Waals surface area contributed by atoms with Crippen LogP contribution in [0.3, 0.4) is 0 Å². The highest BCUT2D eigenvalue weighted by Crippen LogP contribution is 2.46. The van der Waals surface area contributed by atoms with Crippen molar-refractivity contribution in [3.05, 3.63) is 16.9 Å². The van der Waals surface area contributed by atoms with Crippen molar-refractivity contribution in [3.8, 4) is 0 Å². The summed E-state index contributed by atoms with van der Waals surface area (Å²) in [6.45, 7) is 0.639. The van der Waals surface area contributed by atoms with Crippen LogP contribution in [0.4, 0.5) is 10.6 Å². The average molecular weight is 352 g/mol. The molecule has 2 fully saturated rings. The molecule has 2 unspecified atom stereocenters. The van der Waals surface area contributed by atoms with Gasteiger partial charge in [-0.2, -0.15) is 5.10 Å². The minimum absolute atomic E-state index is 0.00288. The smallest absolute Gasteiger partial charge is 0.407 e. The number of carbonyl (C=O) groups is 1. The van der Waals surface area contributed by atoms with Crippen LogP contribution >= 0.6 is 15.9 Å². The Morgan fingerprint density at radius 2 is 2.19 bits per heavy atom. The second-order valence-electron chi connectivity index (χ2n) is 5.73. The van der Waals surface area contributed by atoms with E-state index in [9.17, 15) is 9.90 Å². The maximum Gasteiger partial charge on any atom is 0.407 e. The summed E-state index contributed by atoms with van der Waals surface area (Å²) in [7, 11) is 0. The Labute approximate surface area is 128 Å². The average Bonchev–Trinajstić information content (AvgIpc) is 3.11. The van der Waals surface area contributed by atoms with Crippen LogP contribution in [0.25, 0.3) is 10.9 Å². The third kappa shape index (κ3) is 1.75. The molecule has 2 aromatic rings. The van der Waals surface area contributed by atoms with E-state index in [0.29, 0.717) is 22.9 Å². The van der Waals surface area contributed by atoms with Crippen molar-refractivity contribution in [1.82, 2.24) is 19.7 Å². The van der Waals surface area contributed by atoms with Crippen molar-refractivity contribution < 1.29 is 9.90 Å². The number of hydrogen-bond acceptors (Lipinski definition) is 4. The summed E-state index contributed by atoms with van der Waals surface area (Å²) in [5.74, 6) is 0.859. The second-order valence-corrected chi connectivity index (χ2v) is 6.48. The molecule has 1 aliphatic carbocycles. The summed E-state index contributed by atoms with van der Waals surface area (Å²) in [6.07, 6.45) is 2.69. The van der Waals surface area contributed by atoms with E-state index in [1.54, 1.807) is 11.1 Å². The third-order valence-electron chi connectivity index (χ3n) is 4.62. The van der Waals surface area contributed by atoms with Gasteiger partial charge in [-0.3, -0.25) is 4.68 Å². The number of nitrogens with zero attached hydrogens (tertiary/aromatic N) is 4. The number of pyridine rings is 1. The Hall–Kier alpha value is -1.83. The lowest BCUT2D eigenvalue weighted by Gasteiger charge is -2.31. The predicted molar refractivity (Wildman–Crippen MR) is 79.9 cm³/mol. The molecule has 1 amide bonds. The molecule has 4 rings (SSSR count). The van der Waals surface area contributed by atoms with Crippen LogP contribution in [0, 0.1) is 5.92 Å². The first-order chi connectivity index (χ1) is 10.1. The van der Waals surface area contributed by atoms with E-state index < -0.39 is 6.09 Å². The highest BCUT2D eigenvalue weighted by atomic mass is 79.9. The number of rotatable bonds is 1. The highest BCUT2D eigenvalue weighted by molar-refractivity contribution is 9.10. The molecule has 2 aliphatic rings. The summed E-state index contributed by atoms with van der Waals surface area (Å²) in [5, 5.41) is 14.7. The molecule has 110 valence electrons. The van der Waals surface area contributed by atoms with Gasteiger partial charge in [-0.15, -0.1) is 0 Å². The first kappa shape index (κ1) is 12.9. The third-order valence-corrected chi connectivity index (χ3v) is 5.17. The van der Waals surface area contributed by atoms with E-state index in [1.165, 1.54) is 0 Å². The molecule has 2 aromatic heterocycles. The summed E-state index contributed by atoms with van der Waals surface area (Å²) in [4.78, 5) is 17.0. The van der Waals surface area contributed by atoms with Crippen molar-refractivity contribution in [2.24, 2.45) is 5.92 Å². The van der Waals surface area contributed by atoms with Gasteiger partial charge >= 0.3 is 6.09 Å². The van der Waals surface area contributed by atoms with E-state index in [2.05, 4.69) is 26.0 Å². The summed E-state index contributed by atoms with van der Waals surface area (Å²) in [6, 6.07) is 1.94. The molecule has 1 saturated carbocycles. The zero-order valence-electron chi connectivity index (χ0n) is 11.1. The van der Waals surface area contributed by atoms with Crippen molar-refractivity contribution in [2.75, 3.05) is 12.3 Å². The van der Waals surface area contributed by atoms with Gasteiger partial charge < -0.3 is 15.7 Å². The van der Waals surface area contributed by atoms with Crippen molar-refractivity contribution in [3.63, 3.8) is 0 Å². The fraction of sp³-hybridized carbons (Fsp3) is 0.462. The summed E-state index contributed by atoms with van der Waals surface area (Å²) < 4.78 is 2.57. The Morgan fingerprint density at radius 3 is 2.90 bits per heavy atom. The van der Waals surface area contributed by atoms with Gasteiger partial charge in [-0.25, -0.2) is 9.78 Å². The maximum absolute atomic E-state index is 11.3. The number of amides is 1. The number of aromatic nitrogens is 3. The number of nitrogen functional groups attached to an aromatic ring is 1. The number of piperidine rings is 1. The van der Waals surface area contributed by atoms with Gasteiger partial charge in [0.2, 0.25) is 0 Å². The molecule has 3 heterocycles. The lowest BCUT2D eigenvalue weighted by Crippen LogP contribution is -2.42. The molecule has 0 spiro atoms. The molecule has 1 aliphatic heterocycles. The van der Waals surface area contributed by atoms with Gasteiger partial charge in [0.25, 0.3) is 0 Å². The number of hydrogen-bond donors (Lipinski definition) is 2. The number of carboxylic acid groups (broad SMARTS) is 1. The summed E-state index contributed by atoms with van der Waals surface area (Å²) >= 11 is 3.43. The lowest BCUT2D eigenvalue weighted by molar-refractivity contribution is 0.112. The molecule has 0 aromatic carbocycles. The number of likely N-dealkylation sites (tertiary alicyclic amines) is 1. The van der Waals surface area contributed by atoms with Crippen molar-refractivity contribution in [2.45, 2.75) is 24.9 Å². The van der Waals surface area contributed by atoms with Gasteiger partial charge in [0.1, 0.15) is 10.4 Å². The minimum atomic E-state index is -0.844. The fourth-order valence-corrected chi connectivity index (χ4v) is 4.37. The fourth-order valence-electron chi connectivity index (χ4n) is 3.79. The molecule has 7 nitrogen and oxygen atoms in total. The van der Waals surface area contributed by atoms with E-state index in [0.717, 1.165) is 23.7 Å². The monoisotopic (exact) mass is 351 g/mol. The number of halogens is 1. The zero-order chi connectivity index (χ0) is 14.7. The molecule has 3 N–H and O–H groups in total. The molecule has 8 heteroatoms. The molecule has 21 heavy (non-hydrogen) atoms. The van der Waals surface area contributed by atoms with Crippen LogP contribution < -0.4 is 5.73 Å². The van der Waals surface area contributed by atoms with Crippen LogP contribution in [-0.4, -0.2) is 43.5 Å². The predicted octanol–water partition coefficient (Wildman–Crippen LogP) is 2.09. The van der Waals surface area contributed by atoms with Gasteiger partial charge in [0, 0.05) is 12.7 Å². The molecular weight excluding hydrogens is 338 g/mol. The maximum atomic E-state index is 11.3. The lowest BCUT2D eigenvalue weighted by atomic mass is 10.1. The Bertz CT molecular complexity index is 745. The molecule has 2 bridgehead atoms. The van der Waals surface area contributed by atoms with Gasteiger partial charge in [-0.05, 0) is 40.8 Å². The SMILES string of the molecule is Nc1nccc2c1c(Br)nn2[C@@H]1CC2CC1N(C(=O)O)C2. The first-order valence-corrected chi connectivity index (χ1v) is 7.63. The van der Waals surface area contributed by atoms with Gasteiger partial charge in [0.05, 0.1) is 23.0 Å².